The molecule has 0 radical (unpaired) electrons. The van der Waals surface area contributed by atoms with Crippen LogP contribution in [0, 0.1) is 0 Å². The van der Waals surface area contributed by atoms with Gasteiger partial charge < -0.3 is 5.73 Å². The Morgan fingerprint density at radius 3 is 2.47 bits per heavy atom. The van der Waals surface area contributed by atoms with Gasteiger partial charge in [-0.15, -0.1) is 12.4 Å². The van der Waals surface area contributed by atoms with Crippen LogP contribution in [0.4, 0.5) is 0 Å². The Balaban J connectivity index is 0.00000144. The minimum Gasteiger partial charge on any atom is -0.322 e. The molecule has 17 heavy (non-hydrogen) atoms. The minimum absolute atomic E-state index is 0. The molecule has 2 N–H and O–H groups in total. The maximum absolute atomic E-state index is 12.1. The summed E-state index contributed by atoms with van der Waals surface area (Å²) in [5, 5.41) is 0. The van der Waals surface area contributed by atoms with Crippen molar-refractivity contribution in [3.05, 3.63) is 59.7 Å². The summed E-state index contributed by atoms with van der Waals surface area (Å²) in [6.45, 7) is 1.95. The molecule has 90 valence electrons. The number of nitrogens with two attached hydrogens (primary N) is 1. The molecule has 1 aromatic rings. The summed E-state index contributed by atoms with van der Waals surface area (Å²) in [7, 11) is 0. The first-order chi connectivity index (χ1) is 7.58. The fourth-order valence-electron chi connectivity index (χ4n) is 1.67. The van der Waals surface area contributed by atoms with Crippen molar-refractivity contribution in [2.45, 2.75) is 18.9 Å². The first-order valence-electron chi connectivity index (χ1n) is 5.36. The summed E-state index contributed by atoms with van der Waals surface area (Å²) >= 11 is 0. The van der Waals surface area contributed by atoms with Crippen molar-refractivity contribution >= 4 is 18.2 Å². The maximum atomic E-state index is 12.1. The van der Waals surface area contributed by atoms with Crippen LogP contribution in [0.1, 0.15) is 23.7 Å². The van der Waals surface area contributed by atoms with E-state index in [1.165, 1.54) is 0 Å². The first kappa shape index (κ1) is 13.7. The maximum Gasteiger partial charge on any atom is 0.192 e. The van der Waals surface area contributed by atoms with Crippen LogP contribution in [0.25, 0.3) is 0 Å². The quantitative estimate of drug-likeness (QED) is 0.819. The monoisotopic (exact) mass is 249 g/mol. The molecule has 2 nitrogen and oxygen atoms in total. The number of rotatable bonds is 2. The van der Waals surface area contributed by atoms with Gasteiger partial charge in [-0.1, -0.05) is 48.6 Å². The largest absolute Gasteiger partial charge is 0.322 e. The molecule has 0 aromatic heterocycles. The Hall–Kier alpha value is -1.38. The average Bonchev–Trinajstić information content (AvgIpc) is 2.29. The minimum atomic E-state index is -0.319. The standard InChI is InChI=1S/C14H15NO.ClH/c1-14(15)9-7-12(8-10-14)13(16)11-5-3-2-4-6-11;/h2-9H,10,15H2,1H3;1H. The van der Waals surface area contributed by atoms with Crippen LogP contribution < -0.4 is 5.73 Å². The highest BCUT2D eigenvalue weighted by Crippen LogP contribution is 2.20. The summed E-state index contributed by atoms with van der Waals surface area (Å²) in [5.74, 6) is 0.0624. The number of carbonyl (C=O) groups is 1. The van der Waals surface area contributed by atoms with Gasteiger partial charge in [-0.25, -0.2) is 0 Å². The second-order valence-electron chi connectivity index (χ2n) is 4.40. The van der Waals surface area contributed by atoms with Crippen LogP contribution in [-0.2, 0) is 0 Å². The molecule has 0 fully saturated rings. The molecular formula is C14H16ClNO. The molecular weight excluding hydrogens is 234 g/mol. The summed E-state index contributed by atoms with van der Waals surface area (Å²) < 4.78 is 0. The van der Waals surface area contributed by atoms with E-state index in [9.17, 15) is 4.79 Å². The number of benzene rings is 1. The summed E-state index contributed by atoms with van der Waals surface area (Å²) in [5.41, 5.74) is 7.07. The zero-order chi connectivity index (χ0) is 11.6. The molecule has 0 aliphatic heterocycles. The average molecular weight is 250 g/mol. The molecule has 0 amide bonds. The van der Waals surface area contributed by atoms with Crippen LogP contribution in [0.5, 0.6) is 0 Å². The van der Waals surface area contributed by atoms with Gasteiger partial charge in [0, 0.05) is 16.7 Å². The SMILES string of the molecule is CC1(N)C=CC(C(=O)c2ccccc2)=CC1.Cl. The molecule has 0 heterocycles. The van der Waals surface area contributed by atoms with Crippen LogP contribution in [0.15, 0.2) is 54.1 Å². The Bertz CT molecular complexity index is 460. The normalized spacial score (nSPS) is 22.6. The van der Waals surface area contributed by atoms with Gasteiger partial charge in [-0.2, -0.15) is 0 Å². The number of allylic oxidation sites excluding steroid dienone is 2. The lowest BCUT2D eigenvalue weighted by Crippen LogP contribution is -2.34. The number of Topliss-reactive ketones (excluding diaryl/α,β-unsaturated/α-hetero) is 1. The van der Waals surface area contributed by atoms with E-state index in [0.717, 1.165) is 11.1 Å². The van der Waals surface area contributed by atoms with Crippen molar-refractivity contribution in [3.63, 3.8) is 0 Å². The third kappa shape index (κ3) is 3.29. The van der Waals surface area contributed by atoms with Gasteiger partial charge >= 0.3 is 0 Å². The van der Waals surface area contributed by atoms with Crippen LogP contribution in [0.3, 0.4) is 0 Å². The molecule has 1 unspecified atom stereocenters. The van der Waals surface area contributed by atoms with E-state index in [0.29, 0.717) is 6.42 Å². The van der Waals surface area contributed by atoms with E-state index in [1.54, 1.807) is 0 Å². The Morgan fingerprint density at radius 1 is 1.29 bits per heavy atom. The second kappa shape index (κ2) is 5.30. The highest BCUT2D eigenvalue weighted by molar-refractivity contribution is 6.10. The summed E-state index contributed by atoms with van der Waals surface area (Å²) in [6, 6.07) is 9.29. The van der Waals surface area contributed by atoms with Gasteiger partial charge in [-0.05, 0) is 13.3 Å². The topological polar surface area (TPSA) is 43.1 Å². The molecule has 1 aliphatic rings. The van der Waals surface area contributed by atoms with Crippen LogP contribution in [-0.4, -0.2) is 11.3 Å². The summed E-state index contributed by atoms with van der Waals surface area (Å²) in [4.78, 5) is 12.1. The van der Waals surface area contributed by atoms with E-state index < -0.39 is 0 Å². The molecule has 0 spiro atoms. The fourth-order valence-corrected chi connectivity index (χ4v) is 1.67. The van der Waals surface area contributed by atoms with E-state index in [1.807, 2.05) is 55.5 Å². The lowest BCUT2D eigenvalue weighted by atomic mass is 9.89. The van der Waals surface area contributed by atoms with Gasteiger partial charge in [0.25, 0.3) is 0 Å². The summed E-state index contributed by atoms with van der Waals surface area (Å²) in [6.07, 6.45) is 6.33. The molecule has 1 aromatic carbocycles. The van der Waals surface area contributed by atoms with E-state index in [-0.39, 0.29) is 23.7 Å². The Morgan fingerprint density at radius 2 is 1.94 bits per heavy atom. The van der Waals surface area contributed by atoms with Crippen LogP contribution >= 0.6 is 12.4 Å². The smallest absolute Gasteiger partial charge is 0.192 e. The molecule has 0 saturated carbocycles. The zero-order valence-corrected chi connectivity index (χ0v) is 10.5. The Labute approximate surface area is 108 Å². The van der Waals surface area contributed by atoms with Crippen molar-refractivity contribution in [1.82, 2.24) is 0 Å². The van der Waals surface area contributed by atoms with Gasteiger partial charge in [0.2, 0.25) is 0 Å². The predicted molar refractivity (Wildman–Crippen MR) is 72.5 cm³/mol. The first-order valence-corrected chi connectivity index (χ1v) is 5.36. The molecule has 2 rings (SSSR count). The fraction of sp³-hybridized carbons (Fsp3) is 0.214. The molecule has 1 atom stereocenters. The third-order valence-corrected chi connectivity index (χ3v) is 2.70. The molecule has 1 aliphatic carbocycles. The van der Waals surface area contributed by atoms with Gasteiger partial charge in [0.1, 0.15) is 0 Å². The third-order valence-electron chi connectivity index (χ3n) is 2.70. The van der Waals surface area contributed by atoms with Gasteiger partial charge in [0.05, 0.1) is 0 Å². The van der Waals surface area contributed by atoms with Gasteiger partial charge in [0.15, 0.2) is 5.78 Å². The molecule has 0 bridgehead atoms. The van der Waals surface area contributed by atoms with Crippen molar-refractivity contribution in [2.24, 2.45) is 5.73 Å². The van der Waals surface area contributed by atoms with Crippen molar-refractivity contribution in [1.29, 1.82) is 0 Å². The number of hydrogen-bond donors (Lipinski definition) is 1. The number of ketones is 1. The molecule has 0 saturated heterocycles. The van der Waals surface area contributed by atoms with Crippen molar-refractivity contribution in [3.8, 4) is 0 Å². The van der Waals surface area contributed by atoms with E-state index in [4.69, 9.17) is 5.73 Å². The number of carbonyl (C=O) groups excluding carboxylic acids is 1. The lowest BCUT2D eigenvalue weighted by molar-refractivity contribution is 0.103. The number of hydrogen-bond acceptors (Lipinski definition) is 2. The zero-order valence-electron chi connectivity index (χ0n) is 9.72. The van der Waals surface area contributed by atoms with E-state index in [2.05, 4.69) is 0 Å². The highest BCUT2D eigenvalue weighted by Gasteiger charge is 2.19. The Kier molecular flexibility index (Phi) is 4.27. The number of halogens is 1. The highest BCUT2D eigenvalue weighted by atomic mass is 35.5. The van der Waals surface area contributed by atoms with Crippen molar-refractivity contribution in [2.75, 3.05) is 0 Å². The predicted octanol–water partition coefficient (Wildman–Crippen LogP) is 2.89. The van der Waals surface area contributed by atoms with Crippen molar-refractivity contribution < 1.29 is 4.79 Å². The second-order valence-corrected chi connectivity index (χ2v) is 4.40. The van der Waals surface area contributed by atoms with E-state index >= 15 is 0 Å². The molecule has 3 heteroatoms. The lowest BCUT2D eigenvalue weighted by Gasteiger charge is -2.22. The van der Waals surface area contributed by atoms with Crippen LogP contribution in [0.2, 0.25) is 0 Å². The van der Waals surface area contributed by atoms with Gasteiger partial charge in [-0.3, -0.25) is 4.79 Å².